The average Bonchev–Trinajstić information content (AvgIpc) is 2.67. The maximum Gasteiger partial charge on any atom is 0.226 e. The summed E-state index contributed by atoms with van der Waals surface area (Å²) in [5, 5.41) is 4.06. The van der Waals surface area contributed by atoms with Crippen LogP contribution in [-0.2, 0) is 11.8 Å². The first kappa shape index (κ1) is 12.0. The Balaban J connectivity index is 1.97. The second-order valence-corrected chi connectivity index (χ2v) is 6.75. The van der Waals surface area contributed by atoms with Crippen LogP contribution < -0.4 is 0 Å². The minimum Gasteiger partial charge on any atom is -0.339 e. The summed E-state index contributed by atoms with van der Waals surface area (Å²) in [5.41, 5.74) is -0.00976. The predicted octanol–water partition coefficient (Wildman–Crippen LogP) is 3.05. The predicted molar refractivity (Wildman–Crippen MR) is 66.8 cm³/mol. The fourth-order valence-corrected chi connectivity index (χ4v) is 3.04. The number of hydrogen-bond acceptors (Lipinski definition) is 4. The lowest BCUT2D eigenvalue weighted by atomic mass is 9.96. The van der Waals surface area contributed by atoms with Crippen molar-refractivity contribution in [2.75, 3.05) is 11.5 Å². The molecule has 0 N–H and O–H groups in total. The Morgan fingerprint density at radius 2 is 2.00 bits per heavy atom. The fourth-order valence-electron chi connectivity index (χ4n) is 1.84. The zero-order chi connectivity index (χ0) is 11.6. The molecule has 3 nitrogen and oxygen atoms in total. The van der Waals surface area contributed by atoms with Gasteiger partial charge in [-0.2, -0.15) is 16.7 Å². The number of rotatable bonds is 2. The van der Waals surface area contributed by atoms with E-state index < -0.39 is 0 Å². The maximum absolute atomic E-state index is 5.33. The summed E-state index contributed by atoms with van der Waals surface area (Å²) < 4.78 is 5.33. The van der Waals surface area contributed by atoms with E-state index in [9.17, 15) is 0 Å². The van der Waals surface area contributed by atoms with Gasteiger partial charge in [-0.1, -0.05) is 25.9 Å². The molecule has 0 spiro atoms. The molecule has 1 aliphatic heterocycles. The van der Waals surface area contributed by atoms with Crippen molar-refractivity contribution < 1.29 is 4.52 Å². The lowest BCUT2D eigenvalue weighted by Crippen LogP contribution is -2.14. The molecule has 0 aliphatic carbocycles. The third-order valence-corrected chi connectivity index (χ3v) is 3.99. The molecule has 16 heavy (non-hydrogen) atoms. The van der Waals surface area contributed by atoms with E-state index in [1.54, 1.807) is 0 Å². The Labute approximate surface area is 101 Å². The Bertz CT molecular complexity index is 337. The van der Waals surface area contributed by atoms with Crippen LogP contribution in [0.15, 0.2) is 4.52 Å². The Morgan fingerprint density at radius 1 is 1.31 bits per heavy atom. The van der Waals surface area contributed by atoms with Gasteiger partial charge in [0.05, 0.1) is 0 Å². The van der Waals surface area contributed by atoms with Gasteiger partial charge in [-0.15, -0.1) is 0 Å². The second kappa shape index (κ2) is 4.78. The van der Waals surface area contributed by atoms with Crippen LogP contribution in [0.4, 0.5) is 0 Å². The van der Waals surface area contributed by atoms with Gasteiger partial charge in [0.15, 0.2) is 5.82 Å². The van der Waals surface area contributed by atoms with Crippen molar-refractivity contribution in [1.82, 2.24) is 10.1 Å². The van der Waals surface area contributed by atoms with Crippen molar-refractivity contribution in [2.45, 2.75) is 45.4 Å². The average molecular weight is 240 g/mol. The number of thioether (sulfide) groups is 1. The molecule has 1 fully saturated rings. The van der Waals surface area contributed by atoms with Gasteiger partial charge in [0.2, 0.25) is 5.89 Å². The van der Waals surface area contributed by atoms with Crippen LogP contribution in [-0.4, -0.2) is 21.6 Å². The number of nitrogens with zero attached hydrogens (tertiary/aromatic N) is 2. The van der Waals surface area contributed by atoms with Crippen molar-refractivity contribution in [3.63, 3.8) is 0 Å². The lowest BCUT2D eigenvalue weighted by molar-refractivity contribution is 0.336. The normalized spacial score (nSPS) is 18.9. The summed E-state index contributed by atoms with van der Waals surface area (Å²) in [7, 11) is 0. The summed E-state index contributed by atoms with van der Waals surface area (Å²) >= 11 is 2.05. The molecule has 0 unspecified atom stereocenters. The van der Waals surface area contributed by atoms with Crippen molar-refractivity contribution in [3.8, 4) is 0 Å². The van der Waals surface area contributed by atoms with E-state index in [2.05, 4.69) is 42.7 Å². The zero-order valence-electron chi connectivity index (χ0n) is 10.3. The molecule has 0 radical (unpaired) electrons. The van der Waals surface area contributed by atoms with Crippen LogP contribution in [0.2, 0.25) is 0 Å². The second-order valence-electron chi connectivity index (χ2n) is 5.52. The number of hydrogen-bond donors (Lipinski definition) is 0. The molecular weight excluding hydrogens is 220 g/mol. The van der Waals surface area contributed by atoms with Gasteiger partial charge < -0.3 is 4.52 Å². The van der Waals surface area contributed by atoms with Gasteiger partial charge >= 0.3 is 0 Å². The largest absolute Gasteiger partial charge is 0.339 e. The molecule has 2 rings (SSSR count). The fraction of sp³-hybridized carbons (Fsp3) is 0.833. The Kier molecular flexibility index (Phi) is 3.57. The van der Waals surface area contributed by atoms with Crippen LogP contribution in [0.3, 0.4) is 0 Å². The van der Waals surface area contributed by atoms with Gasteiger partial charge in [-0.05, 0) is 30.3 Å². The van der Waals surface area contributed by atoms with E-state index in [1.165, 1.54) is 24.3 Å². The third-order valence-electron chi connectivity index (χ3n) is 2.94. The summed E-state index contributed by atoms with van der Waals surface area (Å²) in [6, 6.07) is 0. The quantitative estimate of drug-likeness (QED) is 0.796. The maximum atomic E-state index is 5.33. The van der Waals surface area contributed by atoms with Crippen LogP contribution >= 0.6 is 11.8 Å². The smallest absolute Gasteiger partial charge is 0.226 e. The molecule has 0 bridgehead atoms. The van der Waals surface area contributed by atoms with Crippen molar-refractivity contribution in [2.24, 2.45) is 5.92 Å². The summed E-state index contributed by atoms with van der Waals surface area (Å²) in [6.07, 6.45) is 3.54. The molecule has 90 valence electrons. The van der Waals surface area contributed by atoms with Gasteiger partial charge in [0.1, 0.15) is 0 Å². The summed E-state index contributed by atoms with van der Waals surface area (Å²) in [6.45, 7) is 6.33. The molecule has 0 saturated carbocycles. The molecule has 0 amide bonds. The highest BCUT2D eigenvalue weighted by Crippen LogP contribution is 2.26. The molecule has 2 heterocycles. The van der Waals surface area contributed by atoms with Crippen molar-refractivity contribution in [3.05, 3.63) is 11.7 Å². The standard InChI is InChI=1S/C12H20N2OS/c1-12(2,3)11-13-10(15-14-11)8-9-4-6-16-7-5-9/h9H,4-8H2,1-3H3. The van der Waals surface area contributed by atoms with Crippen molar-refractivity contribution >= 4 is 11.8 Å². The van der Waals surface area contributed by atoms with Crippen molar-refractivity contribution in [1.29, 1.82) is 0 Å². The topological polar surface area (TPSA) is 38.9 Å². The minimum absolute atomic E-state index is 0.00976. The van der Waals surface area contributed by atoms with Crippen LogP contribution in [0, 0.1) is 5.92 Å². The van der Waals surface area contributed by atoms with Gasteiger partial charge in [0, 0.05) is 11.8 Å². The molecule has 1 aromatic rings. The first-order chi connectivity index (χ1) is 7.55. The highest BCUT2D eigenvalue weighted by Gasteiger charge is 2.23. The molecule has 1 aliphatic rings. The molecule has 4 heteroatoms. The first-order valence-electron chi connectivity index (χ1n) is 5.96. The van der Waals surface area contributed by atoms with E-state index >= 15 is 0 Å². The molecule has 1 aromatic heterocycles. The molecule has 1 saturated heterocycles. The van der Waals surface area contributed by atoms with Crippen LogP contribution in [0.1, 0.15) is 45.3 Å². The van der Waals surface area contributed by atoms with Gasteiger partial charge in [-0.3, -0.25) is 0 Å². The first-order valence-corrected chi connectivity index (χ1v) is 7.12. The minimum atomic E-state index is -0.00976. The zero-order valence-corrected chi connectivity index (χ0v) is 11.1. The molecule has 0 atom stereocenters. The SMILES string of the molecule is CC(C)(C)c1noc(CC2CCSCC2)n1. The highest BCUT2D eigenvalue weighted by atomic mass is 32.2. The Hall–Kier alpha value is -0.510. The van der Waals surface area contributed by atoms with Gasteiger partial charge in [0.25, 0.3) is 0 Å². The number of aromatic nitrogens is 2. The van der Waals surface area contributed by atoms with E-state index in [4.69, 9.17) is 4.52 Å². The van der Waals surface area contributed by atoms with E-state index in [0.717, 1.165) is 24.1 Å². The lowest BCUT2D eigenvalue weighted by Gasteiger charge is -2.19. The third kappa shape index (κ3) is 3.00. The monoisotopic (exact) mass is 240 g/mol. The summed E-state index contributed by atoms with van der Waals surface area (Å²) in [4.78, 5) is 4.49. The molecular formula is C12H20N2OS. The highest BCUT2D eigenvalue weighted by molar-refractivity contribution is 7.99. The van der Waals surface area contributed by atoms with Gasteiger partial charge in [-0.25, -0.2) is 0 Å². The summed E-state index contributed by atoms with van der Waals surface area (Å²) in [5.74, 6) is 4.96. The van der Waals surface area contributed by atoms with Crippen LogP contribution in [0.5, 0.6) is 0 Å². The Morgan fingerprint density at radius 3 is 2.56 bits per heavy atom. The van der Waals surface area contributed by atoms with Crippen LogP contribution in [0.25, 0.3) is 0 Å². The van der Waals surface area contributed by atoms with E-state index in [1.807, 2.05) is 0 Å². The molecule has 0 aromatic carbocycles. The van der Waals surface area contributed by atoms with E-state index in [-0.39, 0.29) is 5.41 Å². The van der Waals surface area contributed by atoms with E-state index in [0.29, 0.717) is 0 Å².